The third kappa shape index (κ3) is 6.04. The number of benzene rings is 1. The zero-order valence-electron chi connectivity index (χ0n) is 15.3. The molecule has 2 rings (SSSR count). The number of piperidine rings is 1. The number of hydrogen-bond acceptors (Lipinski definition) is 3. The average molecular weight is 332 g/mol. The molecule has 1 aliphatic rings. The van der Waals surface area contributed by atoms with Crippen molar-refractivity contribution < 1.29 is 4.74 Å². The summed E-state index contributed by atoms with van der Waals surface area (Å²) in [7, 11) is 3.91. The van der Waals surface area contributed by atoms with E-state index < -0.39 is 0 Å². The Balaban J connectivity index is 1.82. The van der Waals surface area contributed by atoms with E-state index in [1.807, 2.05) is 18.2 Å². The number of aliphatic imine (C=N–C) groups is 1. The molecule has 24 heavy (non-hydrogen) atoms. The molecule has 0 radical (unpaired) electrons. The van der Waals surface area contributed by atoms with Crippen molar-refractivity contribution in [2.75, 3.05) is 40.3 Å². The quantitative estimate of drug-likeness (QED) is 0.595. The number of para-hydroxylation sites is 1. The number of likely N-dealkylation sites (tertiary alicyclic amines) is 1. The molecule has 1 aliphatic heterocycles. The van der Waals surface area contributed by atoms with Gasteiger partial charge in [-0.3, -0.25) is 0 Å². The number of nitrogens with one attached hydrogen (secondary N) is 2. The normalized spacial score (nSPS) is 16.9. The Hall–Kier alpha value is -1.75. The molecule has 1 heterocycles. The van der Waals surface area contributed by atoms with E-state index in [0.29, 0.717) is 6.54 Å². The monoisotopic (exact) mass is 332 g/mol. The van der Waals surface area contributed by atoms with Gasteiger partial charge in [0.25, 0.3) is 0 Å². The predicted molar refractivity (Wildman–Crippen MR) is 101 cm³/mol. The molecule has 0 unspecified atom stereocenters. The highest BCUT2D eigenvalue weighted by Crippen LogP contribution is 2.19. The summed E-state index contributed by atoms with van der Waals surface area (Å²) in [5, 5.41) is 6.80. The topological polar surface area (TPSA) is 48.9 Å². The van der Waals surface area contributed by atoms with Crippen LogP contribution in [0.3, 0.4) is 0 Å². The summed E-state index contributed by atoms with van der Waals surface area (Å²) < 4.78 is 5.39. The number of nitrogens with zero attached hydrogens (tertiary/aromatic N) is 2. The molecule has 1 aromatic rings. The molecule has 134 valence electrons. The molecule has 0 aromatic heterocycles. The second kappa shape index (κ2) is 10.2. The van der Waals surface area contributed by atoms with E-state index >= 15 is 0 Å². The maximum atomic E-state index is 5.39. The molecule has 0 amide bonds. The fourth-order valence-corrected chi connectivity index (χ4v) is 3.09. The molecule has 2 N–H and O–H groups in total. The van der Waals surface area contributed by atoms with Crippen LogP contribution < -0.4 is 15.4 Å². The largest absolute Gasteiger partial charge is 0.496 e. The van der Waals surface area contributed by atoms with Gasteiger partial charge in [-0.25, -0.2) is 4.99 Å². The van der Waals surface area contributed by atoms with Crippen molar-refractivity contribution in [3.63, 3.8) is 0 Å². The van der Waals surface area contributed by atoms with Crippen LogP contribution in [0.4, 0.5) is 0 Å². The van der Waals surface area contributed by atoms with E-state index in [-0.39, 0.29) is 0 Å². The third-order valence-electron chi connectivity index (χ3n) is 4.63. The zero-order valence-corrected chi connectivity index (χ0v) is 15.3. The summed E-state index contributed by atoms with van der Waals surface area (Å²) in [6.45, 7) is 7.02. The number of rotatable bonds is 7. The molecule has 0 saturated carbocycles. The Bertz CT molecular complexity index is 510. The van der Waals surface area contributed by atoms with E-state index in [2.05, 4.69) is 35.6 Å². The highest BCUT2D eigenvalue weighted by molar-refractivity contribution is 5.79. The molecular formula is C19H32N4O. The van der Waals surface area contributed by atoms with Gasteiger partial charge >= 0.3 is 0 Å². The first-order valence-corrected chi connectivity index (χ1v) is 9.05. The molecule has 0 atom stereocenters. The van der Waals surface area contributed by atoms with Crippen LogP contribution in [0.25, 0.3) is 0 Å². The van der Waals surface area contributed by atoms with Crippen LogP contribution in [0, 0.1) is 5.92 Å². The third-order valence-corrected chi connectivity index (χ3v) is 4.63. The summed E-state index contributed by atoms with van der Waals surface area (Å²) in [4.78, 5) is 7.11. The molecule has 0 aliphatic carbocycles. The van der Waals surface area contributed by atoms with Crippen molar-refractivity contribution in [1.82, 2.24) is 15.5 Å². The fraction of sp³-hybridized carbons (Fsp3) is 0.632. The fourth-order valence-electron chi connectivity index (χ4n) is 3.09. The van der Waals surface area contributed by atoms with Crippen LogP contribution in [0.2, 0.25) is 0 Å². The molecule has 0 bridgehead atoms. The summed E-state index contributed by atoms with van der Waals surface area (Å²) in [6.07, 6.45) is 3.84. The van der Waals surface area contributed by atoms with Crippen molar-refractivity contribution >= 4 is 5.96 Å². The summed E-state index contributed by atoms with van der Waals surface area (Å²) in [5.74, 6) is 2.62. The molecule has 1 fully saturated rings. The minimum absolute atomic E-state index is 0.619. The number of ether oxygens (including phenoxy) is 1. The molecular weight excluding hydrogens is 300 g/mol. The van der Waals surface area contributed by atoms with Gasteiger partial charge in [0.2, 0.25) is 0 Å². The molecule has 1 saturated heterocycles. The second-order valence-corrected chi connectivity index (χ2v) is 6.47. The summed E-state index contributed by atoms with van der Waals surface area (Å²) >= 11 is 0. The van der Waals surface area contributed by atoms with Gasteiger partial charge < -0.3 is 20.3 Å². The first-order valence-electron chi connectivity index (χ1n) is 9.05. The van der Waals surface area contributed by atoms with Crippen LogP contribution in [0.5, 0.6) is 5.75 Å². The Labute approximate surface area is 146 Å². The van der Waals surface area contributed by atoms with E-state index in [4.69, 9.17) is 9.73 Å². The molecule has 5 nitrogen and oxygen atoms in total. The van der Waals surface area contributed by atoms with Gasteiger partial charge in [0.15, 0.2) is 5.96 Å². The Morgan fingerprint density at radius 3 is 2.71 bits per heavy atom. The van der Waals surface area contributed by atoms with Crippen molar-refractivity contribution in [3.8, 4) is 5.75 Å². The van der Waals surface area contributed by atoms with Crippen molar-refractivity contribution in [2.24, 2.45) is 10.9 Å². The van der Waals surface area contributed by atoms with Crippen LogP contribution in [-0.4, -0.2) is 51.2 Å². The van der Waals surface area contributed by atoms with Crippen LogP contribution >= 0.6 is 0 Å². The molecule has 5 heteroatoms. The lowest BCUT2D eigenvalue weighted by Gasteiger charge is -2.29. The maximum Gasteiger partial charge on any atom is 0.191 e. The van der Waals surface area contributed by atoms with Crippen LogP contribution in [0.15, 0.2) is 29.3 Å². The van der Waals surface area contributed by atoms with E-state index in [0.717, 1.165) is 36.3 Å². The van der Waals surface area contributed by atoms with E-state index in [9.17, 15) is 0 Å². The van der Waals surface area contributed by atoms with Gasteiger partial charge in [0.05, 0.1) is 13.7 Å². The van der Waals surface area contributed by atoms with Crippen LogP contribution in [0.1, 0.15) is 31.7 Å². The smallest absolute Gasteiger partial charge is 0.191 e. The van der Waals surface area contributed by atoms with Gasteiger partial charge in [0, 0.05) is 18.7 Å². The summed E-state index contributed by atoms with van der Waals surface area (Å²) in [5.41, 5.74) is 1.10. The summed E-state index contributed by atoms with van der Waals surface area (Å²) in [6, 6.07) is 8.04. The van der Waals surface area contributed by atoms with Gasteiger partial charge in [-0.15, -0.1) is 0 Å². The van der Waals surface area contributed by atoms with Gasteiger partial charge in [-0.05, 0) is 58.3 Å². The van der Waals surface area contributed by atoms with Crippen molar-refractivity contribution in [1.29, 1.82) is 0 Å². The van der Waals surface area contributed by atoms with Gasteiger partial charge in [-0.2, -0.15) is 0 Å². The Kier molecular flexibility index (Phi) is 7.89. The van der Waals surface area contributed by atoms with Gasteiger partial charge in [-0.1, -0.05) is 18.2 Å². The van der Waals surface area contributed by atoms with E-state index in [1.165, 1.54) is 32.4 Å². The highest BCUT2D eigenvalue weighted by Gasteiger charge is 2.16. The standard InChI is InChI=1S/C19H32N4O/c1-4-20-19(21-12-9-16-10-13-23(2)14-11-16)22-15-17-7-5-6-8-18(17)24-3/h5-8,16H,4,9-15H2,1-3H3,(H2,20,21,22). The lowest BCUT2D eigenvalue weighted by molar-refractivity contribution is 0.213. The predicted octanol–water partition coefficient (Wildman–Crippen LogP) is 2.48. The lowest BCUT2D eigenvalue weighted by Crippen LogP contribution is -2.39. The van der Waals surface area contributed by atoms with E-state index in [1.54, 1.807) is 7.11 Å². The minimum Gasteiger partial charge on any atom is -0.496 e. The maximum absolute atomic E-state index is 5.39. The minimum atomic E-state index is 0.619. The second-order valence-electron chi connectivity index (χ2n) is 6.47. The SMILES string of the molecule is CCNC(=NCc1ccccc1OC)NCCC1CCN(C)CC1. The molecule has 0 spiro atoms. The number of hydrogen-bond donors (Lipinski definition) is 2. The zero-order chi connectivity index (χ0) is 17.2. The van der Waals surface area contributed by atoms with Crippen LogP contribution in [-0.2, 0) is 6.54 Å². The Morgan fingerprint density at radius 2 is 2.00 bits per heavy atom. The van der Waals surface area contributed by atoms with Crippen molar-refractivity contribution in [3.05, 3.63) is 29.8 Å². The first-order chi connectivity index (χ1) is 11.7. The van der Waals surface area contributed by atoms with Crippen molar-refractivity contribution in [2.45, 2.75) is 32.7 Å². The van der Waals surface area contributed by atoms with Gasteiger partial charge in [0.1, 0.15) is 5.75 Å². The average Bonchev–Trinajstić information content (AvgIpc) is 2.61. The lowest BCUT2D eigenvalue weighted by atomic mass is 9.94. The Morgan fingerprint density at radius 1 is 1.25 bits per heavy atom. The highest BCUT2D eigenvalue weighted by atomic mass is 16.5. The first kappa shape index (κ1) is 18.6. The number of guanidine groups is 1. The number of methoxy groups -OCH3 is 1. The molecule has 1 aromatic carbocycles.